The maximum Gasteiger partial charge on any atom is 0.258 e. The Hall–Kier alpha value is -4.37. The third kappa shape index (κ3) is 8.46. The first kappa shape index (κ1) is 34.5. The number of benzene rings is 3. The highest BCUT2D eigenvalue weighted by Gasteiger charge is 2.23. The topological polar surface area (TPSA) is 73.8 Å². The quantitative estimate of drug-likeness (QED) is 0.0962. The highest BCUT2D eigenvalue weighted by molar-refractivity contribution is 6.27. The summed E-state index contributed by atoms with van der Waals surface area (Å²) in [5, 5.41) is 0.565. The van der Waals surface area contributed by atoms with Gasteiger partial charge in [-0.1, -0.05) is 44.4 Å². The number of allylic oxidation sites excluding steroid dienone is 1. The normalized spacial score (nSPS) is 11.8. The van der Waals surface area contributed by atoms with Crippen molar-refractivity contribution in [2.45, 2.75) is 66.7 Å². The van der Waals surface area contributed by atoms with Crippen LogP contribution in [0.15, 0.2) is 60.4 Å². The van der Waals surface area contributed by atoms with Crippen LogP contribution < -0.4 is 14.4 Å². The number of halogens is 2. The Morgan fingerprint density at radius 1 is 0.870 bits per heavy atom. The number of carbonyl (C=O) groups excluding carboxylic acids is 1. The Balaban J connectivity index is 1.65. The summed E-state index contributed by atoms with van der Waals surface area (Å²) in [5.41, 5.74) is 4.34. The van der Waals surface area contributed by atoms with Crippen molar-refractivity contribution in [3.8, 4) is 17.4 Å². The number of anilines is 1. The van der Waals surface area contributed by atoms with E-state index in [0.29, 0.717) is 59.7 Å². The molecular weight excluding hydrogens is 588 g/mol. The number of fused-ring (bicyclic) bond motifs is 1. The monoisotopic (exact) mass is 631 g/mol. The van der Waals surface area contributed by atoms with E-state index in [0.717, 1.165) is 42.4 Å². The van der Waals surface area contributed by atoms with E-state index in [1.165, 1.54) is 35.5 Å². The minimum Gasteiger partial charge on any atom is -0.491 e. The van der Waals surface area contributed by atoms with Gasteiger partial charge >= 0.3 is 0 Å². The van der Waals surface area contributed by atoms with E-state index in [-0.39, 0.29) is 17.5 Å². The van der Waals surface area contributed by atoms with Gasteiger partial charge in [0.15, 0.2) is 11.6 Å². The summed E-state index contributed by atoms with van der Waals surface area (Å²) in [6.07, 6.45) is 5.90. The zero-order valence-electron chi connectivity index (χ0n) is 27.6. The molecule has 0 saturated heterocycles. The molecule has 0 fully saturated rings. The molecule has 0 aliphatic heterocycles. The number of aromatic nitrogens is 2. The maximum atomic E-state index is 15.8. The van der Waals surface area contributed by atoms with Crippen LogP contribution in [0.1, 0.15) is 69.6 Å². The highest BCUT2D eigenvalue weighted by atomic mass is 19.1. The number of likely N-dealkylation sites (N-methyl/N-ethyl adjacent to an activating group) is 1. The average Bonchev–Trinajstić information content (AvgIpc) is 3.03. The minimum atomic E-state index is -0.655. The van der Waals surface area contributed by atoms with Gasteiger partial charge in [0.2, 0.25) is 5.88 Å². The second-order valence-corrected chi connectivity index (χ2v) is 11.4. The number of unbranched alkanes of at least 4 members (excludes halogenated alkanes) is 2. The fraction of sp³-hybridized carbons (Fsp3) is 0.378. The smallest absolute Gasteiger partial charge is 0.258 e. The van der Waals surface area contributed by atoms with Gasteiger partial charge in [0, 0.05) is 24.9 Å². The van der Waals surface area contributed by atoms with E-state index in [9.17, 15) is 9.18 Å². The van der Waals surface area contributed by atoms with Gasteiger partial charge in [0.1, 0.15) is 24.5 Å². The van der Waals surface area contributed by atoms with Gasteiger partial charge in [0.25, 0.3) is 5.91 Å². The van der Waals surface area contributed by atoms with Gasteiger partial charge in [-0.05, 0) is 93.1 Å². The van der Waals surface area contributed by atoms with Gasteiger partial charge in [-0.3, -0.25) is 4.79 Å². The van der Waals surface area contributed by atoms with Crippen molar-refractivity contribution in [3.05, 3.63) is 88.8 Å². The molecule has 1 aromatic heterocycles. The predicted molar refractivity (Wildman–Crippen MR) is 179 cm³/mol. The van der Waals surface area contributed by atoms with E-state index in [4.69, 9.17) is 14.2 Å². The maximum absolute atomic E-state index is 15.8. The zero-order valence-corrected chi connectivity index (χ0v) is 27.6. The Bertz CT molecular complexity index is 1710. The molecule has 0 atom stereocenters. The third-order valence-corrected chi connectivity index (χ3v) is 7.79. The molecule has 7 nitrogen and oxygen atoms in total. The molecular formula is C37H43F2N3O4. The molecule has 0 spiro atoms. The van der Waals surface area contributed by atoms with E-state index in [1.807, 2.05) is 33.8 Å². The second kappa shape index (κ2) is 16.3. The van der Waals surface area contributed by atoms with Gasteiger partial charge in [-0.25, -0.2) is 18.7 Å². The van der Waals surface area contributed by atoms with Crippen LogP contribution in [0.5, 0.6) is 17.4 Å². The fourth-order valence-electron chi connectivity index (χ4n) is 5.24. The number of amides is 1. The third-order valence-electron chi connectivity index (χ3n) is 7.79. The average molecular weight is 632 g/mol. The number of nitrogens with zero attached hydrogens (tertiary/aromatic N) is 3. The number of carbonyl (C=O) groups is 1. The second-order valence-electron chi connectivity index (χ2n) is 11.4. The largest absolute Gasteiger partial charge is 0.491 e. The van der Waals surface area contributed by atoms with Crippen LogP contribution in [0, 0.1) is 25.5 Å². The molecule has 9 heteroatoms. The van der Waals surface area contributed by atoms with Crippen molar-refractivity contribution in [1.82, 2.24) is 9.97 Å². The molecule has 0 unspecified atom stereocenters. The lowest BCUT2D eigenvalue weighted by atomic mass is 9.95. The van der Waals surface area contributed by atoms with Crippen LogP contribution in [0.4, 0.5) is 14.5 Å². The van der Waals surface area contributed by atoms with Crippen molar-refractivity contribution < 1.29 is 27.8 Å². The summed E-state index contributed by atoms with van der Waals surface area (Å²) >= 11 is 0. The van der Waals surface area contributed by atoms with E-state index >= 15 is 4.39 Å². The van der Waals surface area contributed by atoms with Crippen LogP contribution in [-0.4, -0.2) is 42.7 Å². The van der Waals surface area contributed by atoms with Gasteiger partial charge in [0.05, 0.1) is 17.5 Å². The predicted octanol–water partition coefficient (Wildman–Crippen LogP) is 9.14. The molecule has 0 N–H and O–H groups in total. The molecule has 1 heterocycles. The van der Waals surface area contributed by atoms with Crippen molar-refractivity contribution in [2.75, 3.05) is 31.8 Å². The Morgan fingerprint density at radius 3 is 2.41 bits per heavy atom. The molecule has 1 amide bonds. The van der Waals surface area contributed by atoms with Crippen LogP contribution >= 0.6 is 0 Å². The van der Waals surface area contributed by atoms with Crippen LogP contribution in [0.25, 0.3) is 16.5 Å². The summed E-state index contributed by atoms with van der Waals surface area (Å²) in [4.78, 5) is 24.0. The van der Waals surface area contributed by atoms with Crippen LogP contribution in [0.3, 0.4) is 0 Å². The lowest BCUT2D eigenvalue weighted by Crippen LogP contribution is -2.28. The number of hydrogen-bond acceptors (Lipinski definition) is 6. The Labute approximate surface area is 270 Å². The molecule has 0 aliphatic rings. The highest BCUT2D eigenvalue weighted by Crippen LogP contribution is 2.35. The van der Waals surface area contributed by atoms with Crippen molar-refractivity contribution in [2.24, 2.45) is 0 Å². The molecule has 0 saturated carbocycles. The molecule has 4 rings (SSSR count). The molecule has 0 aliphatic carbocycles. The van der Waals surface area contributed by atoms with Crippen LogP contribution in [-0.2, 0) is 9.53 Å². The standard InChI is InChI=1S/C37H43F2N3O4/c1-7-9-10-11-25(4)35(37(43)42(6)32-21-28(38)14-12-24(32)3)27-13-15-33(30(39)20-27)46-36-29-22-34(45-18-17-44-16-8-2)26(5)19-31(29)40-23-41-36/h12-15,19-23H,7-11,16-18H2,1-6H3/b35-25+. The van der Waals surface area contributed by atoms with E-state index in [1.54, 1.807) is 25.2 Å². The Kier molecular flexibility index (Phi) is 12.2. The molecule has 244 valence electrons. The summed E-state index contributed by atoms with van der Waals surface area (Å²) in [6, 6.07) is 12.4. The summed E-state index contributed by atoms with van der Waals surface area (Å²) in [5.74, 6) is -0.687. The number of aryl methyl sites for hydroxylation is 2. The number of hydrogen-bond donors (Lipinski definition) is 0. The van der Waals surface area contributed by atoms with Gasteiger partial charge in [-0.15, -0.1) is 0 Å². The molecule has 0 bridgehead atoms. The molecule has 4 aromatic rings. The SMILES string of the molecule is CCCCC/C(C)=C(/C(=O)N(C)c1cc(F)ccc1C)c1ccc(Oc2ncnc3cc(C)c(OCCOCCC)cc23)c(F)c1. The summed E-state index contributed by atoms with van der Waals surface area (Å²) in [7, 11) is 1.61. The van der Waals surface area contributed by atoms with Crippen molar-refractivity contribution in [3.63, 3.8) is 0 Å². The summed E-state index contributed by atoms with van der Waals surface area (Å²) < 4.78 is 47.4. The van der Waals surface area contributed by atoms with Crippen molar-refractivity contribution >= 4 is 28.1 Å². The van der Waals surface area contributed by atoms with Gasteiger partial charge in [-0.2, -0.15) is 0 Å². The fourth-order valence-corrected chi connectivity index (χ4v) is 5.24. The van der Waals surface area contributed by atoms with Crippen LogP contribution in [0.2, 0.25) is 0 Å². The van der Waals surface area contributed by atoms with E-state index in [2.05, 4.69) is 16.9 Å². The summed E-state index contributed by atoms with van der Waals surface area (Å²) in [6.45, 7) is 11.3. The number of ether oxygens (including phenoxy) is 3. The van der Waals surface area contributed by atoms with Gasteiger partial charge < -0.3 is 19.1 Å². The lowest BCUT2D eigenvalue weighted by molar-refractivity contribution is -0.113. The first-order chi connectivity index (χ1) is 22.1. The first-order valence-electron chi connectivity index (χ1n) is 15.8. The van der Waals surface area contributed by atoms with Crippen molar-refractivity contribution in [1.29, 1.82) is 0 Å². The number of rotatable bonds is 15. The molecule has 46 heavy (non-hydrogen) atoms. The Morgan fingerprint density at radius 2 is 1.67 bits per heavy atom. The molecule has 0 radical (unpaired) electrons. The first-order valence-corrected chi connectivity index (χ1v) is 15.8. The minimum absolute atomic E-state index is 0.0514. The zero-order chi connectivity index (χ0) is 33.2. The van der Waals surface area contributed by atoms with E-state index < -0.39 is 11.6 Å². The lowest BCUT2D eigenvalue weighted by Gasteiger charge is -2.23. The molecule has 3 aromatic carbocycles.